The molecule has 100 valence electrons. The van der Waals surface area contributed by atoms with Crippen LogP contribution >= 0.6 is 0 Å². The van der Waals surface area contributed by atoms with Gasteiger partial charge in [0.15, 0.2) is 0 Å². The Hall–Kier alpha value is -1.31. The van der Waals surface area contributed by atoms with Crippen LogP contribution in [-0.4, -0.2) is 11.1 Å². The zero-order chi connectivity index (χ0) is 13.4. The average Bonchev–Trinajstić information content (AvgIpc) is 2.35. The van der Waals surface area contributed by atoms with Gasteiger partial charge in [-0.05, 0) is 37.0 Å². The van der Waals surface area contributed by atoms with Crippen LogP contribution in [0.25, 0.3) is 0 Å². The number of carbonyl (C=O) groups is 1. The maximum atomic E-state index is 11.0. The minimum atomic E-state index is -0.822. The molecule has 0 fully saturated rings. The standard InChI is InChI=1S/C16H24O2/c1-3-4-5-6-7-8-10-14-11-9-12-15(13(14)2)16(17)18/h9,11-12H,3-8,10H2,1-2H3,(H,17,18). The molecule has 0 spiro atoms. The summed E-state index contributed by atoms with van der Waals surface area (Å²) in [5.41, 5.74) is 2.56. The lowest BCUT2D eigenvalue weighted by atomic mass is 9.97. The van der Waals surface area contributed by atoms with E-state index in [1.54, 1.807) is 6.07 Å². The quantitative estimate of drug-likeness (QED) is 0.683. The summed E-state index contributed by atoms with van der Waals surface area (Å²) in [4.78, 5) is 11.0. The van der Waals surface area contributed by atoms with Gasteiger partial charge in [0.25, 0.3) is 0 Å². The van der Waals surface area contributed by atoms with Crippen molar-refractivity contribution in [1.82, 2.24) is 0 Å². The molecule has 0 atom stereocenters. The number of aromatic carboxylic acids is 1. The second kappa shape index (κ2) is 7.91. The summed E-state index contributed by atoms with van der Waals surface area (Å²) in [6.07, 6.45) is 8.63. The Balaban J connectivity index is 2.43. The van der Waals surface area contributed by atoms with E-state index in [4.69, 9.17) is 5.11 Å². The molecule has 0 unspecified atom stereocenters. The second-order valence-corrected chi connectivity index (χ2v) is 4.91. The van der Waals surface area contributed by atoms with E-state index >= 15 is 0 Å². The van der Waals surface area contributed by atoms with E-state index in [-0.39, 0.29) is 0 Å². The van der Waals surface area contributed by atoms with Crippen LogP contribution in [0.2, 0.25) is 0 Å². The first-order valence-electron chi connectivity index (χ1n) is 6.98. The highest BCUT2D eigenvalue weighted by molar-refractivity contribution is 5.89. The number of rotatable bonds is 8. The lowest BCUT2D eigenvalue weighted by Gasteiger charge is -2.08. The third-order valence-corrected chi connectivity index (χ3v) is 3.48. The van der Waals surface area contributed by atoms with Crippen LogP contribution in [0.3, 0.4) is 0 Å². The third-order valence-electron chi connectivity index (χ3n) is 3.48. The average molecular weight is 248 g/mol. The fraction of sp³-hybridized carbons (Fsp3) is 0.562. The largest absolute Gasteiger partial charge is 0.478 e. The molecule has 2 heteroatoms. The Labute approximate surface area is 110 Å². The summed E-state index contributed by atoms with van der Waals surface area (Å²) in [7, 11) is 0. The first-order chi connectivity index (χ1) is 8.66. The highest BCUT2D eigenvalue weighted by Gasteiger charge is 2.09. The topological polar surface area (TPSA) is 37.3 Å². The molecule has 1 aromatic carbocycles. The summed E-state index contributed by atoms with van der Waals surface area (Å²) in [5, 5.41) is 9.06. The van der Waals surface area contributed by atoms with Crippen molar-refractivity contribution in [3.05, 3.63) is 34.9 Å². The molecule has 0 aliphatic heterocycles. The van der Waals surface area contributed by atoms with Crippen LogP contribution in [0, 0.1) is 6.92 Å². The summed E-state index contributed by atoms with van der Waals surface area (Å²) in [5.74, 6) is -0.822. The van der Waals surface area contributed by atoms with Gasteiger partial charge < -0.3 is 5.11 Å². The molecule has 0 amide bonds. The minimum Gasteiger partial charge on any atom is -0.478 e. The number of hydrogen-bond acceptors (Lipinski definition) is 1. The Kier molecular flexibility index (Phi) is 6.48. The SMILES string of the molecule is CCCCCCCCc1cccc(C(=O)O)c1C. The monoisotopic (exact) mass is 248 g/mol. The third kappa shape index (κ3) is 4.52. The van der Waals surface area contributed by atoms with Gasteiger partial charge in [0.05, 0.1) is 5.56 Å². The Morgan fingerprint density at radius 1 is 1.11 bits per heavy atom. The lowest BCUT2D eigenvalue weighted by Crippen LogP contribution is -2.02. The smallest absolute Gasteiger partial charge is 0.335 e. The molecule has 0 radical (unpaired) electrons. The highest BCUT2D eigenvalue weighted by atomic mass is 16.4. The van der Waals surface area contributed by atoms with Crippen molar-refractivity contribution < 1.29 is 9.90 Å². The Morgan fingerprint density at radius 3 is 2.44 bits per heavy atom. The summed E-state index contributed by atoms with van der Waals surface area (Å²) < 4.78 is 0. The molecule has 0 aliphatic rings. The molecule has 0 saturated carbocycles. The van der Waals surface area contributed by atoms with E-state index in [0.29, 0.717) is 5.56 Å². The van der Waals surface area contributed by atoms with Gasteiger partial charge >= 0.3 is 5.97 Å². The number of aryl methyl sites for hydroxylation is 1. The zero-order valence-electron chi connectivity index (χ0n) is 11.5. The van der Waals surface area contributed by atoms with Crippen molar-refractivity contribution in [2.45, 2.75) is 58.8 Å². The van der Waals surface area contributed by atoms with Crippen LogP contribution in [0.4, 0.5) is 0 Å². The normalized spacial score (nSPS) is 10.6. The van der Waals surface area contributed by atoms with Crippen LogP contribution in [0.1, 0.15) is 66.9 Å². The van der Waals surface area contributed by atoms with E-state index in [1.807, 2.05) is 19.1 Å². The number of hydrogen-bond donors (Lipinski definition) is 1. The summed E-state index contributed by atoms with van der Waals surface area (Å²) in [6, 6.07) is 5.58. The molecular formula is C16H24O2. The Morgan fingerprint density at radius 2 is 1.78 bits per heavy atom. The first-order valence-corrected chi connectivity index (χ1v) is 6.98. The molecule has 0 aliphatic carbocycles. The van der Waals surface area contributed by atoms with Gasteiger partial charge in [0, 0.05) is 0 Å². The predicted octanol–water partition coefficient (Wildman–Crippen LogP) is 4.60. The number of carboxylic acid groups (broad SMARTS) is 1. The van der Waals surface area contributed by atoms with Crippen molar-refractivity contribution in [3.63, 3.8) is 0 Å². The van der Waals surface area contributed by atoms with Crippen LogP contribution in [-0.2, 0) is 6.42 Å². The molecule has 0 aromatic heterocycles. The van der Waals surface area contributed by atoms with E-state index in [9.17, 15) is 4.79 Å². The van der Waals surface area contributed by atoms with Gasteiger partial charge in [-0.15, -0.1) is 0 Å². The molecular weight excluding hydrogens is 224 g/mol. The predicted molar refractivity (Wildman–Crippen MR) is 75.2 cm³/mol. The van der Waals surface area contributed by atoms with E-state index in [0.717, 1.165) is 18.4 Å². The first kappa shape index (κ1) is 14.7. The lowest BCUT2D eigenvalue weighted by molar-refractivity contribution is 0.0696. The fourth-order valence-electron chi connectivity index (χ4n) is 2.28. The van der Waals surface area contributed by atoms with Gasteiger partial charge in [-0.3, -0.25) is 0 Å². The second-order valence-electron chi connectivity index (χ2n) is 4.91. The minimum absolute atomic E-state index is 0.443. The van der Waals surface area contributed by atoms with E-state index in [1.165, 1.54) is 37.7 Å². The van der Waals surface area contributed by atoms with Crippen LogP contribution < -0.4 is 0 Å². The summed E-state index contributed by atoms with van der Waals surface area (Å²) in [6.45, 7) is 4.14. The van der Waals surface area contributed by atoms with Gasteiger partial charge in [0.1, 0.15) is 0 Å². The molecule has 1 aromatic rings. The molecule has 0 saturated heterocycles. The summed E-state index contributed by atoms with van der Waals surface area (Å²) >= 11 is 0. The van der Waals surface area contributed by atoms with Crippen molar-refractivity contribution >= 4 is 5.97 Å². The zero-order valence-corrected chi connectivity index (χ0v) is 11.5. The van der Waals surface area contributed by atoms with E-state index in [2.05, 4.69) is 6.92 Å². The molecule has 0 bridgehead atoms. The van der Waals surface area contributed by atoms with Gasteiger partial charge in [-0.2, -0.15) is 0 Å². The van der Waals surface area contributed by atoms with Crippen molar-refractivity contribution in [1.29, 1.82) is 0 Å². The van der Waals surface area contributed by atoms with Crippen molar-refractivity contribution in [2.24, 2.45) is 0 Å². The molecule has 1 N–H and O–H groups in total. The number of carboxylic acids is 1. The molecule has 2 nitrogen and oxygen atoms in total. The highest BCUT2D eigenvalue weighted by Crippen LogP contribution is 2.17. The van der Waals surface area contributed by atoms with Gasteiger partial charge in [-0.25, -0.2) is 4.79 Å². The van der Waals surface area contributed by atoms with Crippen LogP contribution in [0.5, 0.6) is 0 Å². The Bertz CT molecular complexity index is 383. The van der Waals surface area contributed by atoms with Crippen molar-refractivity contribution in [2.75, 3.05) is 0 Å². The fourth-order valence-corrected chi connectivity index (χ4v) is 2.28. The maximum Gasteiger partial charge on any atom is 0.335 e. The van der Waals surface area contributed by atoms with E-state index < -0.39 is 5.97 Å². The maximum absolute atomic E-state index is 11.0. The van der Waals surface area contributed by atoms with Crippen molar-refractivity contribution in [3.8, 4) is 0 Å². The molecule has 1 rings (SSSR count). The number of benzene rings is 1. The molecule has 0 heterocycles. The number of unbranched alkanes of at least 4 members (excludes halogenated alkanes) is 5. The van der Waals surface area contributed by atoms with Gasteiger partial charge in [0.2, 0.25) is 0 Å². The van der Waals surface area contributed by atoms with Gasteiger partial charge in [-0.1, -0.05) is 51.2 Å². The molecule has 18 heavy (non-hydrogen) atoms. The van der Waals surface area contributed by atoms with Crippen LogP contribution in [0.15, 0.2) is 18.2 Å².